The van der Waals surface area contributed by atoms with Gasteiger partial charge in [-0.25, -0.2) is 0 Å². The molecule has 1 aliphatic heterocycles. The van der Waals surface area contributed by atoms with E-state index in [9.17, 15) is 4.79 Å². The number of carbonyl (C=O) groups excluding carboxylic acids is 1. The lowest BCUT2D eigenvalue weighted by Gasteiger charge is -2.30. The first-order valence-corrected chi connectivity index (χ1v) is 12.6. The highest BCUT2D eigenvalue weighted by Gasteiger charge is 2.30. The molecule has 5 heteroatoms. The van der Waals surface area contributed by atoms with Crippen LogP contribution in [0.4, 0.5) is 0 Å². The highest BCUT2D eigenvalue weighted by molar-refractivity contribution is 5.83. The summed E-state index contributed by atoms with van der Waals surface area (Å²) in [5.74, 6) is 2.41. The van der Waals surface area contributed by atoms with Crippen LogP contribution in [0.1, 0.15) is 22.3 Å². The Balaban J connectivity index is 1.30. The predicted octanol–water partition coefficient (Wildman–Crippen LogP) is 5.83. The van der Waals surface area contributed by atoms with Crippen molar-refractivity contribution < 1.29 is 19.0 Å². The standard InChI is InChI=1S/C32H29NO4/c1-35-28-11-6-10-25(18-28)29-12-5-4-9-26(29)19-32(34)33(27-16-23-7-2-3-8-24(23)17-27)20-22-13-14-30-31(15-22)37-21-36-30/h2-15,18,27H,16-17,19-21H2,1H3. The first kappa shape index (κ1) is 23.2. The molecule has 0 unspecified atom stereocenters. The quantitative estimate of drug-likeness (QED) is 0.326. The molecule has 186 valence electrons. The lowest BCUT2D eigenvalue weighted by molar-refractivity contribution is -0.133. The van der Waals surface area contributed by atoms with E-state index < -0.39 is 0 Å². The fourth-order valence-electron chi connectivity index (χ4n) is 5.42. The Labute approximate surface area is 217 Å². The van der Waals surface area contributed by atoms with Crippen molar-refractivity contribution in [2.75, 3.05) is 13.9 Å². The number of nitrogens with zero attached hydrogens (tertiary/aromatic N) is 1. The van der Waals surface area contributed by atoms with Crippen LogP contribution in [-0.4, -0.2) is 30.8 Å². The molecule has 0 radical (unpaired) electrons. The summed E-state index contributed by atoms with van der Waals surface area (Å²) in [5, 5.41) is 0. The fourth-order valence-corrected chi connectivity index (χ4v) is 5.42. The van der Waals surface area contributed by atoms with Crippen LogP contribution in [-0.2, 0) is 30.6 Å². The number of hydrogen-bond acceptors (Lipinski definition) is 4. The Morgan fingerprint density at radius 3 is 2.43 bits per heavy atom. The van der Waals surface area contributed by atoms with Gasteiger partial charge in [-0.05, 0) is 70.5 Å². The number of hydrogen-bond donors (Lipinski definition) is 0. The monoisotopic (exact) mass is 491 g/mol. The molecule has 0 saturated heterocycles. The third-order valence-electron chi connectivity index (χ3n) is 7.32. The molecule has 0 N–H and O–H groups in total. The van der Waals surface area contributed by atoms with Gasteiger partial charge in [-0.15, -0.1) is 0 Å². The van der Waals surface area contributed by atoms with E-state index >= 15 is 0 Å². The van der Waals surface area contributed by atoms with Crippen LogP contribution in [0.3, 0.4) is 0 Å². The van der Waals surface area contributed by atoms with Gasteiger partial charge in [-0.3, -0.25) is 4.79 Å². The molecule has 1 aliphatic carbocycles. The number of amides is 1. The molecule has 1 amide bonds. The van der Waals surface area contributed by atoms with Crippen LogP contribution in [0, 0.1) is 0 Å². The van der Waals surface area contributed by atoms with E-state index in [1.807, 2.05) is 48.5 Å². The van der Waals surface area contributed by atoms with E-state index in [0.717, 1.165) is 52.3 Å². The molecule has 5 nitrogen and oxygen atoms in total. The summed E-state index contributed by atoms with van der Waals surface area (Å²) in [6.45, 7) is 0.760. The van der Waals surface area contributed by atoms with Crippen molar-refractivity contribution in [3.8, 4) is 28.4 Å². The van der Waals surface area contributed by atoms with Crippen LogP contribution in [0.15, 0.2) is 91.0 Å². The first-order chi connectivity index (χ1) is 18.2. The average molecular weight is 492 g/mol. The molecular formula is C32H29NO4. The highest BCUT2D eigenvalue weighted by atomic mass is 16.7. The largest absolute Gasteiger partial charge is 0.497 e. The zero-order valence-corrected chi connectivity index (χ0v) is 20.9. The van der Waals surface area contributed by atoms with E-state index in [1.54, 1.807) is 7.11 Å². The highest BCUT2D eigenvalue weighted by Crippen LogP contribution is 2.34. The van der Waals surface area contributed by atoms with Gasteiger partial charge in [0.05, 0.1) is 13.5 Å². The van der Waals surface area contributed by atoms with Gasteiger partial charge in [-0.1, -0.05) is 66.7 Å². The average Bonchev–Trinajstić information content (AvgIpc) is 3.58. The Hall–Kier alpha value is -4.25. The van der Waals surface area contributed by atoms with Crippen molar-refractivity contribution in [3.05, 3.63) is 113 Å². The number of carbonyl (C=O) groups is 1. The van der Waals surface area contributed by atoms with E-state index in [0.29, 0.717) is 13.0 Å². The van der Waals surface area contributed by atoms with Crippen LogP contribution in [0.2, 0.25) is 0 Å². The molecule has 0 fully saturated rings. The summed E-state index contributed by atoms with van der Waals surface area (Å²) in [5.41, 5.74) is 6.79. The lowest BCUT2D eigenvalue weighted by atomic mass is 9.96. The maximum Gasteiger partial charge on any atom is 0.231 e. The summed E-state index contributed by atoms with van der Waals surface area (Å²) < 4.78 is 16.5. The van der Waals surface area contributed by atoms with Gasteiger partial charge in [0.15, 0.2) is 11.5 Å². The Morgan fingerprint density at radius 2 is 1.62 bits per heavy atom. The maximum atomic E-state index is 14.0. The number of benzene rings is 4. The zero-order valence-electron chi connectivity index (χ0n) is 20.9. The predicted molar refractivity (Wildman–Crippen MR) is 143 cm³/mol. The molecule has 0 atom stereocenters. The fraction of sp³-hybridized carbons (Fsp3) is 0.219. The first-order valence-electron chi connectivity index (χ1n) is 12.6. The van der Waals surface area contributed by atoms with Gasteiger partial charge < -0.3 is 19.1 Å². The summed E-state index contributed by atoms with van der Waals surface area (Å²) >= 11 is 0. The van der Waals surface area contributed by atoms with E-state index in [4.69, 9.17) is 14.2 Å². The van der Waals surface area contributed by atoms with Gasteiger partial charge in [0.2, 0.25) is 12.7 Å². The topological polar surface area (TPSA) is 48.0 Å². The van der Waals surface area contributed by atoms with Gasteiger partial charge in [0, 0.05) is 12.6 Å². The normalized spacial score (nSPS) is 13.9. The van der Waals surface area contributed by atoms with Crippen molar-refractivity contribution in [2.45, 2.75) is 31.8 Å². The van der Waals surface area contributed by atoms with E-state index in [2.05, 4.69) is 47.4 Å². The third kappa shape index (κ3) is 4.77. The Morgan fingerprint density at radius 1 is 0.865 bits per heavy atom. The molecule has 0 spiro atoms. The maximum absolute atomic E-state index is 14.0. The Kier molecular flexibility index (Phi) is 6.27. The van der Waals surface area contributed by atoms with Crippen LogP contribution >= 0.6 is 0 Å². The van der Waals surface area contributed by atoms with Crippen molar-refractivity contribution in [1.82, 2.24) is 4.90 Å². The van der Waals surface area contributed by atoms with Crippen molar-refractivity contribution >= 4 is 5.91 Å². The van der Waals surface area contributed by atoms with Gasteiger partial charge >= 0.3 is 0 Å². The number of rotatable bonds is 7. The van der Waals surface area contributed by atoms with E-state index in [1.165, 1.54) is 11.1 Å². The number of fused-ring (bicyclic) bond motifs is 2. The molecule has 0 bridgehead atoms. The summed E-state index contributed by atoms with van der Waals surface area (Å²) in [6.07, 6.45) is 2.05. The van der Waals surface area contributed by atoms with Gasteiger partial charge in [-0.2, -0.15) is 0 Å². The molecule has 37 heavy (non-hydrogen) atoms. The molecule has 4 aromatic rings. The molecular weight excluding hydrogens is 462 g/mol. The molecule has 2 aliphatic rings. The summed E-state index contributed by atoms with van der Waals surface area (Å²) in [4.78, 5) is 16.1. The van der Waals surface area contributed by atoms with Crippen molar-refractivity contribution in [2.24, 2.45) is 0 Å². The third-order valence-corrected chi connectivity index (χ3v) is 7.32. The molecule has 0 aromatic heterocycles. The van der Waals surface area contributed by atoms with Crippen molar-refractivity contribution in [1.29, 1.82) is 0 Å². The van der Waals surface area contributed by atoms with Gasteiger partial charge in [0.1, 0.15) is 5.75 Å². The van der Waals surface area contributed by atoms with Crippen LogP contribution in [0.5, 0.6) is 17.2 Å². The minimum Gasteiger partial charge on any atom is -0.497 e. The van der Waals surface area contributed by atoms with Gasteiger partial charge in [0.25, 0.3) is 0 Å². The number of ether oxygens (including phenoxy) is 3. The second-order valence-electron chi connectivity index (χ2n) is 9.61. The second-order valence-corrected chi connectivity index (χ2v) is 9.61. The molecule has 1 heterocycles. The minimum atomic E-state index is 0.110. The van der Waals surface area contributed by atoms with Crippen LogP contribution in [0.25, 0.3) is 11.1 Å². The van der Waals surface area contributed by atoms with E-state index in [-0.39, 0.29) is 18.7 Å². The molecule has 4 aromatic carbocycles. The zero-order chi connectivity index (χ0) is 25.2. The Bertz CT molecular complexity index is 1420. The number of methoxy groups -OCH3 is 1. The molecule has 6 rings (SSSR count). The van der Waals surface area contributed by atoms with Crippen LogP contribution < -0.4 is 14.2 Å². The minimum absolute atomic E-state index is 0.110. The van der Waals surface area contributed by atoms with Crippen molar-refractivity contribution in [3.63, 3.8) is 0 Å². The molecule has 0 saturated carbocycles. The second kappa shape index (κ2) is 10.0. The summed E-state index contributed by atoms with van der Waals surface area (Å²) in [6, 6.07) is 30.7. The smallest absolute Gasteiger partial charge is 0.231 e. The SMILES string of the molecule is COc1cccc(-c2ccccc2CC(=O)N(Cc2ccc3c(c2)OCO3)C2Cc3ccccc3C2)c1. The summed E-state index contributed by atoms with van der Waals surface area (Å²) in [7, 11) is 1.67. The lowest BCUT2D eigenvalue weighted by Crippen LogP contribution is -2.41.